The predicted octanol–water partition coefficient (Wildman–Crippen LogP) is 2.30. The molecular weight excluding hydrogens is 324 g/mol. The van der Waals surface area contributed by atoms with Gasteiger partial charge >= 0.3 is 0 Å². The Morgan fingerprint density at radius 1 is 1.25 bits per heavy atom. The summed E-state index contributed by atoms with van der Waals surface area (Å²) in [6.07, 6.45) is 2.62. The molecular formula is C18H26N2O3S. The minimum absolute atomic E-state index is 0.0746. The number of thiophene rings is 1. The molecule has 0 aromatic carbocycles. The Balaban J connectivity index is 1.47. The average Bonchev–Trinajstić information content (AvgIpc) is 3.07. The predicted molar refractivity (Wildman–Crippen MR) is 93.8 cm³/mol. The number of nitrogens with zero attached hydrogens (tertiary/aromatic N) is 2. The molecule has 0 spiro atoms. The summed E-state index contributed by atoms with van der Waals surface area (Å²) in [7, 11) is 1.70. The Bertz CT molecular complexity index is 601. The van der Waals surface area contributed by atoms with Crippen LogP contribution < -0.4 is 0 Å². The van der Waals surface area contributed by atoms with E-state index in [0.29, 0.717) is 31.8 Å². The number of fused-ring (bicyclic) bond motifs is 1. The maximum atomic E-state index is 12.4. The number of likely N-dealkylation sites (tertiary alicyclic amines) is 1. The fourth-order valence-corrected chi connectivity index (χ4v) is 4.45. The van der Waals surface area contributed by atoms with E-state index in [0.717, 1.165) is 25.9 Å². The fraction of sp³-hybridized carbons (Fsp3) is 0.667. The molecule has 2 atom stereocenters. The summed E-state index contributed by atoms with van der Waals surface area (Å²) in [4.78, 5) is 30.0. The van der Waals surface area contributed by atoms with E-state index >= 15 is 0 Å². The second-order valence-electron chi connectivity index (χ2n) is 6.81. The van der Waals surface area contributed by atoms with Crippen molar-refractivity contribution in [1.29, 1.82) is 0 Å². The molecule has 1 aromatic rings. The molecule has 2 amide bonds. The van der Waals surface area contributed by atoms with Crippen molar-refractivity contribution in [2.75, 3.05) is 26.7 Å². The third kappa shape index (κ3) is 3.81. The molecule has 0 bridgehead atoms. The topological polar surface area (TPSA) is 49.9 Å². The summed E-state index contributed by atoms with van der Waals surface area (Å²) in [5.74, 6) is 0.647. The molecule has 1 fully saturated rings. The van der Waals surface area contributed by atoms with Gasteiger partial charge in [0.1, 0.15) is 0 Å². The molecule has 3 heterocycles. The highest BCUT2D eigenvalue weighted by Gasteiger charge is 2.29. The Hall–Kier alpha value is -1.40. The summed E-state index contributed by atoms with van der Waals surface area (Å²) in [5.41, 5.74) is 1.26. The number of amides is 2. The van der Waals surface area contributed by atoms with E-state index in [1.54, 1.807) is 18.4 Å². The van der Waals surface area contributed by atoms with E-state index in [1.807, 2.05) is 9.80 Å². The minimum atomic E-state index is 0.0746. The van der Waals surface area contributed by atoms with Gasteiger partial charge in [-0.25, -0.2) is 0 Å². The van der Waals surface area contributed by atoms with E-state index in [1.165, 1.54) is 10.4 Å². The van der Waals surface area contributed by atoms with Gasteiger partial charge in [-0.15, -0.1) is 11.3 Å². The number of hydrogen-bond acceptors (Lipinski definition) is 4. The maximum Gasteiger partial charge on any atom is 0.223 e. The Morgan fingerprint density at radius 2 is 2.00 bits per heavy atom. The highest BCUT2D eigenvalue weighted by atomic mass is 32.1. The molecule has 132 valence electrons. The molecule has 0 N–H and O–H groups in total. The lowest BCUT2D eigenvalue weighted by Crippen LogP contribution is -2.46. The average molecular weight is 350 g/mol. The lowest BCUT2D eigenvalue weighted by Gasteiger charge is -2.36. The lowest BCUT2D eigenvalue weighted by atomic mass is 9.95. The van der Waals surface area contributed by atoms with E-state index in [2.05, 4.69) is 18.4 Å². The summed E-state index contributed by atoms with van der Waals surface area (Å²) < 4.78 is 5.46. The van der Waals surface area contributed by atoms with Crippen LogP contribution in [0.4, 0.5) is 0 Å². The Labute approximate surface area is 147 Å². The first kappa shape index (κ1) is 17.4. The van der Waals surface area contributed by atoms with Crippen LogP contribution in [0.15, 0.2) is 11.4 Å². The quantitative estimate of drug-likeness (QED) is 0.837. The van der Waals surface area contributed by atoms with Crippen molar-refractivity contribution in [2.45, 2.75) is 45.3 Å². The van der Waals surface area contributed by atoms with Crippen LogP contribution >= 0.6 is 11.3 Å². The number of piperidine rings is 1. The maximum absolute atomic E-state index is 12.4. The van der Waals surface area contributed by atoms with Crippen molar-refractivity contribution < 1.29 is 14.3 Å². The second kappa shape index (κ2) is 7.66. The van der Waals surface area contributed by atoms with Crippen LogP contribution in [0.25, 0.3) is 0 Å². The minimum Gasteiger partial charge on any atom is -0.379 e. The molecule has 1 aromatic heterocycles. The van der Waals surface area contributed by atoms with Crippen molar-refractivity contribution in [3.05, 3.63) is 21.9 Å². The number of ether oxygens (including phenoxy) is 1. The van der Waals surface area contributed by atoms with E-state index < -0.39 is 0 Å². The van der Waals surface area contributed by atoms with Crippen molar-refractivity contribution in [1.82, 2.24) is 9.80 Å². The van der Waals surface area contributed by atoms with Gasteiger partial charge in [-0.1, -0.05) is 6.92 Å². The van der Waals surface area contributed by atoms with Gasteiger partial charge in [-0.3, -0.25) is 9.59 Å². The number of carbonyl (C=O) groups excluding carboxylic acids is 2. The van der Waals surface area contributed by atoms with E-state index in [9.17, 15) is 9.59 Å². The standard InChI is InChI=1S/C18H26N2O3S/c1-13-5-8-20(12-15(13)23-2)18(22)4-3-17(21)19-9-6-16-14(11-19)7-10-24-16/h7,10,13,15H,3-6,8-9,11-12H2,1-2H3/t13-,15-/m1/s1. The highest BCUT2D eigenvalue weighted by molar-refractivity contribution is 7.10. The number of methoxy groups -OCH3 is 1. The Morgan fingerprint density at radius 3 is 2.75 bits per heavy atom. The first-order valence-electron chi connectivity index (χ1n) is 8.72. The molecule has 24 heavy (non-hydrogen) atoms. The number of rotatable bonds is 4. The van der Waals surface area contributed by atoms with Crippen molar-refractivity contribution in [3.8, 4) is 0 Å². The van der Waals surface area contributed by atoms with Crippen LogP contribution in [0.2, 0.25) is 0 Å². The van der Waals surface area contributed by atoms with Gasteiger partial charge in [0.2, 0.25) is 11.8 Å². The van der Waals surface area contributed by atoms with Gasteiger partial charge in [0.05, 0.1) is 6.10 Å². The molecule has 3 rings (SSSR count). The van der Waals surface area contributed by atoms with Gasteiger partial charge in [0, 0.05) is 51.0 Å². The van der Waals surface area contributed by atoms with Gasteiger partial charge in [0.25, 0.3) is 0 Å². The summed E-state index contributed by atoms with van der Waals surface area (Å²) in [6.45, 7) is 5.05. The van der Waals surface area contributed by atoms with Gasteiger partial charge < -0.3 is 14.5 Å². The largest absolute Gasteiger partial charge is 0.379 e. The zero-order valence-electron chi connectivity index (χ0n) is 14.5. The van der Waals surface area contributed by atoms with Crippen molar-refractivity contribution >= 4 is 23.2 Å². The first-order chi connectivity index (χ1) is 11.6. The molecule has 2 aliphatic rings. The summed E-state index contributed by atoms with van der Waals surface area (Å²) in [6, 6.07) is 2.10. The van der Waals surface area contributed by atoms with Crippen LogP contribution in [0, 0.1) is 5.92 Å². The third-order valence-corrected chi connectivity index (χ3v) is 6.28. The summed E-state index contributed by atoms with van der Waals surface area (Å²) >= 11 is 1.77. The number of hydrogen-bond donors (Lipinski definition) is 0. The van der Waals surface area contributed by atoms with Gasteiger partial charge in [0.15, 0.2) is 0 Å². The zero-order chi connectivity index (χ0) is 17.1. The SMILES string of the molecule is CO[C@@H]1CN(C(=O)CCC(=O)N2CCc3sccc3C2)CC[C@H]1C. The zero-order valence-corrected chi connectivity index (χ0v) is 15.3. The lowest BCUT2D eigenvalue weighted by molar-refractivity contribution is -0.140. The van der Waals surface area contributed by atoms with Crippen LogP contribution in [0.1, 0.15) is 36.6 Å². The van der Waals surface area contributed by atoms with E-state index in [-0.39, 0.29) is 17.9 Å². The van der Waals surface area contributed by atoms with Crippen LogP contribution in [-0.2, 0) is 27.3 Å². The molecule has 0 radical (unpaired) electrons. The molecule has 0 unspecified atom stereocenters. The van der Waals surface area contributed by atoms with Crippen LogP contribution in [-0.4, -0.2) is 54.5 Å². The second-order valence-corrected chi connectivity index (χ2v) is 7.81. The smallest absolute Gasteiger partial charge is 0.223 e. The monoisotopic (exact) mass is 350 g/mol. The first-order valence-corrected chi connectivity index (χ1v) is 9.60. The molecule has 0 aliphatic carbocycles. The van der Waals surface area contributed by atoms with Crippen LogP contribution in [0.5, 0.6) is 0 Å². The fourth-order valence-electron chi connectivity index (χ4n) is 3.56. The molecule has 6 heteroatoms. The van der Waals surface area contributed by atoms with E-state index in [4.69, 9.17) is 4.74 Å². The summed E-state index contributed by atoms with van der Waals surface area (Å²) in [5, 5.41) is 2.09. The molecule has 5 nitrogen and oxygen atoms in total. The molecule has 2 aliphatic heterocycles. The number of carbonyl (C=O) groups is 2. The van der Waals surface area contributed by atoms with Crippen LogP contribution in [0.3, 0.4) is 0 Å². The van der Waals surface area contributed by atoms with Gasteiger partial charge in [-0.2, -0.15) is 0 Å². The third-order valence-electron chi connectivity index (χ3n) is 5.26. The molecule has 1 saturated heterocycles. The van der Waals surface area contributed by atoms with Gasteiger partial charge in [-0.05, 0) is 35.8 Å². The molecule has 0 saturated carbocycles. The normalized spacial score (nSPS) is 23.9. The van der Waals surface area contributed by atoms with Crippen molar-refractivity contribution in [3.63, 3.8) is 0 Å². The van der Waals surface area contributed by atoms with Crippen molar-refractivity contribution in [2.24, 2.45) is 5.92 Å². The Kier molecular flexibility index (Phi) is 5.56. The highest BCUT2D eigenvalue weighted by Crippen LogP contribution is 2.25.